The van der Waals surface area contributed by atoms with Crippen molar-refractivity contribution in [1.29, 1.82) is 0 Å². The van der Waals surface area contributed by atoms with Crippen LogP contribution in [0.2, 0.25) is 0 Å². The van der Waals surface area contributed by atoms with Crippen molar-refractivity contribution < 1.29 is 4.42 Å². The molecule has 0 bridgehead atoms. The maximum Gasteiger partial charge on any atom is 0.292 e. The smallest absolute Gasteiger partial charge is 0.292 e. The Morgan fingerprint density at radius 2 is 2.26 bits per heavy atom. The van der Waals surface area contributed by atoms with E-state index in [1.165, 1.54) is 18.4 Å². The molecule has 0 amide bonds. The third kappa shape index (κ3) is 4.09. The Bertz CT molecular complexity index is 545. The molecule has 0 aliphatic carbocycles. The van der Waals surface area contributed by atoms with Crippen molar-refractivity contribution in [2.45, 2.75) is 39.0 Å². The molecular formula is C15H21N3O. The number of aryl methyl sites for hydroxylation is 1. The Labute approximate surface area is 113 Å². The summed E-state index contributed by atoms with van der Waals surface area (Å²) in [4.78, 5) is 8.54. The van der Waals surface area contributed by atoms with E-state index in [2.05, 4.69) is 23.0 Å². The molecule has 102 valence electrons. The van der Waals surface area contributed by atoms with Crippen molar-refractivity contribution in [3.05, 3.63) is 23.8 Å². The fourth-order valence-corrected chi connectivity index (χ4v) is 2.00. The third-order valence-electron chi connectivity index (χ3n) is 3.04. The van der Waals surface area contributed by atoms with Crippen LogP contribution in [0.3, 0.4) is 0 Å². The standard InChI is InChI=1S/C15H21N3O/c1-2-3-4-9-17-10-5-6-12-7-8-14-13(11-12)18-15(16)19-14/h7-9,11H,2-6,10H2,1H3,(H2,16,18)/b17-9+. The summed E-state index contributed by atoms with van der Waals surface area (Å²) >= 11 is 0. The van der Waals surface area contributed by atoms with Gasteiger partial charge < -0.3 is 10.2 Å². The van der Waals surface area contributed by atoms with Crippen LogP contribution in [-0.2, 0) is 6.42 Å². The van der Waals surface area contributed by atoms with Gasteiger partial charge in [-0.3, -0.25) is 4.99 Å². The maximum absolute atomic E-state index is 5.52. The number of benzene rings is 1. The van der Waals surface area contributed by atoms with E-state index in [1.807, 2.05) is 18.3 Å². The number of aliphatic imine (C=N–C) groups is 1. The van der Waals surface area contributed by atoms with Crippen LogP contribution < -0.4 is 5.73 Å². The minimum absolute atomic E-state index is 0.229. The Kier molecular flexibility index (Phi) is 4.95. The molecule has 0 saturated heterocycles. The normalized spacial score (nSPS) is 11.6. The van der Waals surface area contributed by atoms with Gasteiger partial charge in [-0.2, -0.15) is 4.98 Å². The van der Waals surface area contributed by atoms with Crippen molar-refractivity contribution in [1.82, 2.24) is 4.98 Å². The van der Waals surface area contributed by atoms with Crippen LogP contribution in [-0.4, -0.2) is 17.7 Å². The number of fused-ring (bicyclic) bond motifs is 1. The molecule has 2 N–H and O–H groups in total. The summed E-state index contributed by atoms with van der Waals surface area (Å²) in [6.45, 7) is 3.09. The summed E-state index contributed by atoms with van der Waals surface area (Å²) in [6.07, 6.45) is 7.67. The predicted molar refractivity (Wildman–Crippen MR) is 79.6 cm³/mol. The lowest BCUT2D eigenvalue weighted by atomic mass is 10.1. The molecule has 19 heavy (non-hydrogen) atoms. The Morgan fingerprint density at radius 3 is 3.11 bits per heavy atom. The zero-order chi connectivity index (χ0) is 13.5. The Balaban J connectivity index is 1.79. The number of unbranched alkanes of at least 4 members (excludes halogenated alkanes) is 2. The highest BCUT2D eigenvalue weighted by atomic mass is 16.4. The summed E-state index contributed by atoms with van der Waals surface area (Å²) in [7, 11) is 0. The van der Waals surface area contributed by atoms with Gasteiger partial charge in [0.1, 0.15) is 5.52 Å². The number of nitrogens with two attached hydrogens (primary N) is 1. The molecule has 4 nitrogen and oxygen atoms in total. The van der Waals surface area contributed by atoms with Crippen LogP contribution in [0.25, 0.3) is 11.1 Å². The number of oxazole rings is 1. The minimum atomic E-state index is 0.229. The van der Waals surface area contributed by atoms with Gasteiger partial charge >= 0.3 is 0 Å². The number of nitrogen functional groups attached to an aromatic ring is 1. The molecule has 2 aromatic rings. The third-order valence-corrected chi connectivity index (χ3v) is 3.04. The average molecular weight is 259 g/mol. The lowest BCUT2D eigenvalue weighted by Gasteiger charge is -1.98. The van der Waals surface area contributed by atoms with Gasteiger partial charge in [0, 0.05) is 6.54 Å². The van der Waals surface area contributed by atoms with Crippen LogP contribution >= 0.6 is 0 Å². The van der Waals surface area contributed by atoms with E-state index < -0.39 is 0 Å². The number of rotatable bonds is 7. The SMILES string of the molecule is CCCC/C=N/CCCc1ccc2oc(N)nc2c1. The maximum atomic E-state index is 5.52. The molecule has 1 aromatic carbocycles. The molecule has 4 heteroatoms. The highest BCUT2D eigenvalue weighted by Crippen LogP contribution is 2.18. The first kappa shape index (κ1) is 13.6. The van der Waals surface area contributed by atoms with Gasteiger partial charge in [-0.25, -0.2) is 0 Å². The number of anilines is 1. The van der Waals surface area contributed by atoms with E-state index in [9.17, 15) is 0 Å². The predicted octanol–water partition coefficient (Wildman–Crippen LogP) is 3.60. The molecule has 0 unspecified atom stereocenters. The highest BCUT2D eigenvalue weighted by Gasteiger charge is 2.03. The fraction of sp³-hybridized carbons (Fsp3) is 0.467. The molecule has 0 aliphatic heterocycles. The Hall–Kier alpha value is -1.84. The van der Waals surface area contributed by atoms with E-state index in [0.717, 1.165) is 36.9 Å². The molecule has 0 spiro atoms. The molecule has 0 aliphatic rings. The van der Waals surface area contributed by atoms with Crippen molar-refractivity contribution in [3.8, 4) is 0 Å². The van der Waals surface area contributed by atoms with Crippen molar-refractivity contribution >= 4 is 23.3 Å². The molecular weight excluding hydrogens is 238 g/mol. The van der Waals surface area contributed by atoms with Crippen molar-refractivity contribution in [2.24, 2.45) is 4.99 Å². The topological polar surface area (TPSA) is 64.4 Å². The number of nitrogens with zero attached hydrogens (tertiary/aromatic N) is 2. The lowest BCUT2D eigenvalue weighted by Crippen LogP contribution is -1.89. The van der Waals surface area contributed by atoms with Gasteiger partial charge in [-0.05, 0) is 49.6 Å². The number of aromatic nitrogens is 1. The first-order chi connectivity index (χ1) is 9.29. The number of hydrogen-bond acceptors (Lipinski definition) is 4. The van der Waals surface area contributed by atoms with Crippen LogP contribution in [0.5, 0.6) is 0 Å². The summed E-state index contributed by atoms with van der Waals surface area (Å²) < 4.78 is 5.25. The fourth-order valence-electron chi connectivity index (χ4n) is 2.00. The summed E-state index contributed by atoms with van der Waals surface area (Å²) in [6, 6.07) is 6.26. The summed E-state index contributed by atoms with van der Waals surface area (Å²) in [5, 5.41) is 0. The van der Waals surface area contributed by atoms with Gasteiger partial charge in [0.15, 0.2) is 5.58 Å². The van der Waals surface area contributed by atoms with Gasteiger partial charge in [0.2, 0.25) is 0 Å². The largest absolute Gasteiger partial charge is 0.424 e. The second kappa shape index (κ2) is 6.92. The Morgan fingerprint density at radius 1 is 1.37 bits per heavy atom. The zero-order valence-electron chi connectivity index (χ0n) is 11.4. The molecule has 1 heterocycles. The molecule has 1 aromatic heterocycles. The first-order valence-corrected chi connectivity index (χ1v) is 6.93. The van der Waals surface area contributed by atoms with E-state index in [1.54, 1.807) is 0 Å². The van der Waals surface area contributed by atoms with E-state index in [-0.39, 0.29) is 6.01 Å². The van der Waals surface area contributed by atoms with E-state index >= 15 is 0 Å². The van der Waals surface area contributed by atoms with E-state index in [4.69, 9.17) is 10.2 Å². The van der Waals surface area contributed by atoms with Crippen LogP contribution in [0.15, 0.2) is 27.6 Å². The zero-order valence-corrected chi connectivity index (χ0v) is 11.4. The minimum Gasteiger partial charge on any atom is -0.424 e. The molecule has 0 atom stereocenters. The van der Waals surface area contributed by atoms with Gasteiger partial charge in [0.05, 0.1) is 0 Å². The van der Waals surface area contributed by atoms with Crippen LogP contribution in [0.1, 0.15) is 38.2 Å². The monoisotopic (exact) mass is 259 g/mol. The summed E-state index contributed by atoms with van der Waals surface area (Å²) in [5.74, 6) is 0. The van der Waals surface area contributed by atoms with Gasteiger partial charge in [-0.15, -0.1) is 0 Å². The van der Waals surface area contributed by atoms with Gasteiger partial charge in [-0.1, -0.05) is 19.4 Å². The molecule has 2 rings (SSSR count). The van der Waals surface area contributed by atoms with Crippen molar-refractivity contribution in [3.63, 3.8) is 0 Å². The summed E-state index contributed by atoms with van der Waals surface area (Å²) in [5.41, 5.74) is 8.36. The first-order valence-electron chi connectivity index (χ1n) is 6.93. The van der Waals surface area contributed by atoms with Crippen LogP contribution in [0, 0.1) is 0 Å². The van der Waals surface area contributed by atoms with Crippen LogP contribution in [0.4, 0.5) is 6.01 Å². The molecule has 0 fully saturated rings. The quantitative estimate of drug-likeness (QED) is 0.610. The second-order valence-corrected chi connectivity index (χ2v) is 4.69. The molecule has 0 radical (unpaired) electrons. The van der Waals surface area contributed by atoms with Gasteiger partial charge in [0.25, 0.3) is 6.01 Å². The van der Waals surface area contributed by atoms with Crippen molar-refractivity contribution in [2.75, 3.05) is 12.3 Å². The van der Waals surface area contributed by atoms with E-state index in [0.29, 0.717) is 0 Å². The second-order valence-electron chi connectivity index (χ2n) is 4.69. The average Bonchev–Trinajstić information content (AvgIpc) is 2.77. The highest BCUT2D eigenvalue weighted by molar-refractivity contribution is 5.74. The number of hydrogen-bond donors (Lipinski definition) is 1. The molecule has 0 saturated carbocycles. The lowest BCUT2D eigenvalue weighted by molar-refractivity contribution is 0.626.